The van der Waals surface area contributed by atoms with Crippen molar-refractivity contribution in [1.29, 1.82) is 0 Å². The van der Waals surface area contributed by atoms with Crippen molar-refractivity contribution in [3.63, 3.8) is 0 Å². The van der Waals surface area contributed by atoms with Gasteiger partial charge in [-0.3, -0.25) is 0 Å². The molecule has 126 valence electrons. The van der Waals surface area contributed by atoms with Crippen LogP contribution in [0.5, 0.6) is 0 Å². The van der Waals surface area contributed by atoms with Crippen molar-refractivity contribution >= 4 is 11.6 Å². The van der Waals surface area contributed by atoms with Crippen LogP contribution >= 0.6 is 11.6 Å². The topological polar surface area (TPSA) is 39.8 Å². The number of rotatable bonds is 3. The van der Waals surface area contributed by atoms with Crippen molar-refractivity contribution in [3.05, 3.63) is 101 Å². The zero-order chi connectivity index (χ0) is 17.9. The average Bonchev–Trinajstić information content (AvgIpc) is 2.72. The van der Waals surface area contributed by atoms with Gasteiger partial charge in [-0.05, 0) is 23.7 Å². The molecule has 0 amide bonds. The lowest BCUT2D eigenvalue weighted by Crippen LogP contribution is -2.33. The van der Waals surface area contributed by atoms with E-state index in [-0.39, 0.29) is 5.15 Å². The van der Waals surface area contributed by atoms with Crippen LogP contribution in [0.2, 0.25) is 5.15 Å². The van der Waals surface area contributed by atoms with E-state index in [1.807, 2.05) is 91.0 Å². The van der Waals surface area contributed by atoms with Crippen molar-refractivity contribution in [2.24, 2.45) is 0 Å². The van der Waals surface area contributed by atoms with Gasteiger partial charge in [0, 0.05) is 16.7 Å². The Kier molecular flexibility index (Phi) is 4.38. The molecule has 0 unspecified atom stereocenters. The molecule has 4 heteroatoms. The highest BCUT2D eigenvalue weighted by Crippen LogP contribution is 2.33. The molecule has 4 aromatic rings. The first kappa shape index (κ1) is 16.3. The molecule has 0 atom stereocenters. The minimum atomic E-state index is 0.0646. The number of aromatic nitrogens is 2. The van der Waals surface area contributed by atoms with Crippen LogP contribution in [0, 0.1) is 5.21 Å². The molecule has 3 aromatic carbocycles. The number of hydrogen-bond donors (Lipinski definition) is 0. The molecule has 0 saturated carbocycles. The highest BCUT2D eigenvalue weighted by atomic mass is 35.5. The summed E-state index contributed by atoms with van der Waals surface area (Å²) in [5.74, 6) is 0. The van der Waals surface area contributed by atoms with E-state index in [4.69, 9.17) is 16.6 Å². The molecule has 1 aromatic heterocycles. The van der Waals surface area contributed by atoms with Crippen LogP contribution in [0.25, 0.3) is 33.8 Å². The Balaban J connectivity index is 2.05. The third-order valence-electron chi connectivity index (χ3n) is 4.17. The molecule has 26 heavy (non-hydrogen) atoms. The summed E-state index contributed by atoms with van der Waals surface area (Å²) >= 11 is 6.43. The molecule has 4 rings (SSSR count). The fraction of sp³-hybridized carbons (Fsp3) is 0. The first-order valence-electron chi connectivity index (χ1n) is 8.25. The smallest absolute Gasteiger partial charge is 0.313 e. The first-order chi connectivity index (χ1) is 12.8. The predicted octanol–water partition coefficient (Wildman–Crippen LogP) is 5.37. The van der Waals surface area contributed by atoms with Crippen molar-refractivity contribution in [2.75, 3.05) is 0 Å². The van der Waals surface area contributed by atoms with Gasteiger partial charge in [-0.15, -0.1) is 0 Å². The maximum Gasteiger partial charge on any atom is 0.313 e. The van der Waals surface area contributed by atoms with Crippen LogP contribution < -0.4 is 4.73 Å². The van der Waals surface area contributed by atoms with E-state index >= 15 is 0 Å². The summed E-state index contributed by atoms with van der Waals surface area (Å²) in [4.78, 5) is 4.80. The van der Waals surface area contributed by atoms with Crippen LogP contribution in [-0.4, -0.2) is 4.98 Å². The second kappa shape index (κ2) is 6.98. The summed E-state index contributed by atoms with van der Waals surface area (Å²) in [5, 5.41) is 13.2. The lowest BCUT2D eigenvalue weighted by atomic mass is 10.0. The van der Waals surface area contributed by atoms with E-state index in [0.29, 0.717) is 17.1 Å². The quantitative estimate of drug-likeness (QED) is 0.365. The van der Waals surface area contributed by atoms with Gasteiger partial charge in [0.1, 0.15) is 5.69 Å². The molecule has 0 radical (unpaired) electrons. The maximum atomic E-state index is 13.1. The SMILES string of the molecule is [O-][n+]1c(Cl)c(-c2ccccc2)nc(-c2ccccc2)c1-c1ccccc1. The second-order valence-corrected chi connectivity index (χ2v) is 6.20. The van der Waals surface area contributed by atoms with Crippen LogP contribution in [-0.2, 0) is 0 Å². The van der Waals surface area contributed by atoms with E-state index in [1.165, 1.54) is 0 Å². The monoisotopic (exact) mass is 358 g/mol. The molecule has 0 N–H and O–H groups in total. The summed E-state index contributed by atoms with van der Waals surface area (Å²) in [5.41, 5.74) is 3.97. The zero-order valence-corrected chi connectivity index (χ0v) is 14.6. The van der Waals surface area contributed by atoms with Crippen molar-refractivity contribution in [3.8, 4) is 33.8 Å². The zero-order valence-electron chi connectivity index (χ0n) is 13.8. The van der Waals surface area contributed by atoms with Crippen molar-refractivity contribution in [2.45, 2.75) is 0 Å². The van der Waals surface area contributed by atoms with E-state index in [1.54, 1.807) is 0 Å². The molecule has 0 spiro atoms. The standard InChI is InChI=1S/C22H15ClN2O/c23-22-20(17-12-6-2-7-13-17)24-19(16-10-4-1-5-11-16)21(25(22)26)18-14-8-3-9-15-18/h1-15H. The van der Waals surface area contributed by atoms with Crippen LogP contribution in [0.3, 0.4) is 0 Å². The number of nitrogens with zero attached hydrogens (tertiary/aromatic N) is 2. The summed E-state index contributed by atoms with van der Waals surface area (Å²) in [7, 11) is 0. The number of benzene rings is 3. The molecule has 1 heterocycles. The Morgan fingerprint density at radius 3 is 1.54 bits per heavy atom. The summed E-state index contributed by atoms with van der Waals surface area (Å²) in [6.07, 6.45) is 0. The fourth-order valence-corrected chi connectivity index (χ4v) is 3.16. The molecule has 0 saturated heterocycles. The van der Waals surface area contributed by atoms with Crippen molar-refractivity contribution in [1.82, 2.24) is 4.98 Å². The van der Waals surface area contributed by atoms with E-state index in [2.05, 4.69) is 0 Å². The number of halogens is 1. The van der Waals surface area contributed by atoms with Gasteiger partial charge in [0.25, 0.3) is 5.69 Å². The molecule has 0 aliphatic heterocycles. The Morgan fingerprint density at radius 2 is 1.04 bits per heavy atom. The number of hydrogen-bond acceptors (Lipinski definition) is 2. The van der Waals surface area contributed by atoms with Gasteiger partial charge < -0.3 is 5.21 Å². The minimum Gasteiger partial charge on any atom is -0.617 e. The molecular formula is C22H15ClN2O. The minimum absolute atomic E-state index is 0.0646. The molecule has 0 bridgehead atoms. The Bertz CT molecular complexity index is 1040. The van der Waals surface area contributed by atoms with Crippen LogP contribution in [0.15, 0.2) is 91.0 Å². The molecule has 0 fully saturated rings. The maximum absolute atomic E-state index is 13.1. The summed E-state index contributed by atoms with van der Waals surface area (Å²) in [6.45, 7) is 0. The van der Waals surface area contributed by atoms with Gasteiger partial charge in [-0.2, -0.15) is 4.73 Å². The Hall–Kier alpha value is -3.17. The normalized spacial score (nSPS) is 10.7. The molecule has 3 nitrogen and oxygen atoms in total. The van der Waals surface area contributed by atoms with Crippen LogP contribution in [0.1, 0.15) is 0 Å². The fourth-order valence-electron chi connectivity index (χ4n) is 2.93. The van der Waals surface area contributed by atoms with Gasteiger partial charge in [0.05, 0.1) is 0 Å². The average molecular weight is 359 g/mol. The van der Waals surface area contributed by atoms with Gasteiger partial charge in [0.2, 0.25) is 0 Å². The van der Waals surface area contributed by atoms with Gasteiger partial charge >= 0.3 is 5.15 Å². The van der Waals surface area contributed by atoms with E-state index in [9.17, 15) is 5.21 Å². The first-order valence-corrected chi connectivity index (χ1v) is 8.63. The van der Waals surface area contributed by atoms with Gasteiger partial charge in [-0.1, -0.05) is 78.9 Å². The molecule has 0 aliphatic carbocycles. The van der Waals surface area contributed by atoms with Gasteiger partial charge in [-0.25, -0.2) is 4.98 Å². The van der Waals surface area contributed by atoms with Gasteiger partial charge in [0.15, 0.2) is 5.69 Å². The third-order valence-corrected chi connectivity index (χ3v) is 4.50. The Labute approximate surface area is 156 Å². The van der Waals surface area contributed by atoms with E-state index in [0.717, 1.165) is 21.4 Å². The summed E-state index contributed by atoms with van der Waals surface area (Å²) in [6, 6.07) is 28.6. The lowest BCUT2D eigenvalue weighted by molar-refractivity contribution is -0.590. The molecular weight excluding hydrogens is 344 g/mol. The molecule has 0 aliphatic rings. The second-order valence-electron chi connectivity index (χ2n) is 5.84. The predicted molar refractivity (Wildman–Crippen MR) is 105 cm³/mol. The third kappa shape index (κ3) is 2.93. The van der Waals surface area contributed by atoms with Crippen LogP contribution in [0.4, 0.5) is 0 Å². The summed E-state index contributed by atoms with van der Waals surface area (Å²) < 4.78 is 0.772. The highest BCUT2D eigenvalue weighted by Gasteiger charge is 2.25. The van der Waals surface area contributed by atoms with E-state index < -0.39 is 0 Å². The van der Waals surface area contributed by atoms with Crippen molar-refractivity contribution < 1.29 is 4.73 Å². The largest absolute Gasteiger partial charge is 0.617 e. The Morgan fingerprint density at radius 1 is 0.615 bits per heavy atom. The highest BCUT2D eigenvalue weighted by molar-refractivity contribution is 6.31. The lowest BCUT2D eigenvalue weighted by Gasteiger charge is -2.14.